The van der Waals surface area contributed by atoms with Crippen LogP contribution >= 0.6 is 0 Å². The Morgan fingerprint density at radius 1 is 1.00 bits per heavy atom. The quantitative estimate of drug-likeness (QED) is 0.743. The maximum atomic E-state index is 11.3. The lowest BCUT2D eigenvalue weighted by molar-refractivity contribution is -0.297. The van der Waals surface area contributed by atoms with Crippen molar-refractivity contribution in [2.45, 2.75) is 43.5 Å². The van der Waals surface area contributed by atoms with Crippen molar-refractivity contribution in [3.8, 4) is 0 Å². The van der Waals surface area contributed by atoms with Crippen LogP contribution in [0.2, 0.25) is 0 Å². The molecule has 134 valence electrons. The van der Waals surface area contributed by atoms with Gasteiger partial charge in [0.25, 0.3) is 0 Å². The van der Waals surface area contributed by atoms with E-state index in [0.29, 0.717) is 6.42 Å². The van der Waals surface area contributed by atoms with Crippen LogP contribution in [0.4, 0.5) is 0 Å². The van der Waals surface area contributed by atoms with Gasteiger partial charge in [-0.15, -0.1) is 0 Å². The monoisotopic (exact) mass is 344 g/mol. The summed E-state index contributed by atoms with van der Waals surface area (Å²) < 4.78 is 11.2. The van der Waals surface area contributed by atoms with Gasteiger partial charge in [-0.2, -0.15) is 0 Å². The van der Waals surface area contributed by atoms with Gasteiger partial charge in [0.1, 0.15) is 11.7 Å². The topological polar surface area (TPSA) is 79.2 Å². The normalized spacial score (nSPS) is 29.5. The zero-order valence-corrected chi connectivity index (χ0v) is 14.0. The molecule has 0 saturated carbocycles. The van der Waals surface area contributed by atoms with Crippen LogP contribution < -0.4 is 0 Å². The SMILES string of the molecule is OC[C@@H]1C[C@@](O)(Cc2ccccc2)[C@@H](OCc2ccccc2)[C@H](O)O1. The minimum absolute atomic E-state index is 0.189. The largest absolute Gasteiger partial charge is 0.394 e. The molecule has 1 aliphatic rings. The van der Waals surface area contributed by atoms with E-state index in [1.165, 1.54) is 0 Å². The summed E-state index contributed by atoms with van der Waals surface area (Å²) in [6, 6.07) is 19.1. The van der Waals surface area contributed by atoms with Crippen molar-refractivity contribution >= 4 is 0 Å². The summed E-state index contributed by atoms with van der Waals surface area (Å²) in [6.07, 6.45) is -2.33. The number of aliphatic hydroxyl groups excluding tert-OH is 2. The molecule has 1 fully saturated rings. The van der Waals surface area contributed by atoms with Gasteiger partial charge in [-0.05, 0) is 11.1 Å². The van der Waals surface area contributed by atoms with Gasteiger partial charge in [-0.1, -0.05) is 60.7 Å². The van der Waals surface area contributed by atoms with E-state index >= 15 is 0 Å². The average molecular weight is 344 g/mol. The summed E-state index contributed by atoms with van der Waals surface area (Å²) in [5, 5.41) is 31.0. The second-order valence-corrected chi connectivity index (χ2v) is 6.52. The van der Waals surface area contributed by atoms with Crippen molar-refractivity contribution in [3.05, 3.63) is 71.8 Å². The van der Waals surface area contributed by atoms with E-state index < -0.39 is 24.1 Å². The zero-order valence-electron chi connectivity index (χ0n) is 14.0. The molecule has 5 nitrogen and oxygen atoms in total. The van der Waals surface area contributed by atoms with Crippen LogP contribution in [0.5, 0.6) is 0 Å². The van der Waals surface area contributed by atoms with Gasteiger partial charge < -0.3 is 24.8 Å². The lowest BCUT2D eigenvalue weighted by atomic mass is 9.81. The van der Waals surface area contributed by atoms with E-state index in [-0.39, 0.29) is 19.6 Å². The smallest absolute Gasteiger partial charge is 0.184 e. The first-order valence-electron chi connectivity index (χ1n) is 8.47. The Kier molecular flexibility index (Phi) is 5.83. The summed E-state index contributed by atoms with van der Waals surface area (Å²) >= 11 is 0. The Morgan fingerprint density at radius 2 is 1.60 bits per heavy atom. The van der Waals surface area contributed by atoms with Crippen molar-refractivity contribution < 1.29 is 24.8 Å². The molecule has 0 bridgehead atoms. The highest BCUT2D eigenvalue weighted by Crippen LogP contribution is 2.34. The molecule has 4 atom stereocenters. The van der Waals surface area contributed by atoms with Gasteiger partial charge in [0.15, 0.2) is 6.29 Å². The minimum Gasteiger partial charge on any atom is -0.394 e. The van der Waals surface area contributed by atoms with Crippen LogP contribution in [-0.4, -0.2) is 46.0 Å². The van der Waals surface area contributed by atoms with Crippen LogP contribution in [0.15, 0.2) is 60.7 Å². The van der Waals surface area contributed by atoms with E-state index in [1.54, 1.807) is 0 Å². The van der Waals surface area contributed by atoms with E-state index in [1.807, 2.05) is 60.7 Å². The molecule has 1 saturated heterocycles. The first-order valence-corrected chi connectivity index (χ1v) is 8.47. The number of aliphatic hydroxyl groups is 3. The molecule has 0 aliphatic carbocycles. The fraction of sp³-hybridized carbons (Fsp3) is 0.400. The van der Waals surface area contributed by atoms with Crippen molar-refractivity contribution in [2.75, 3.05) is 6.61 Å². The number of hydrogen-bond acceptors (Lipinski definition) is 5. The molecule has 25 heavy (non-hydrogen) atoms. The van der Waals surface area contributed by atoms with Crippen LogP contribution in [0.25, 0.3) is 0 Å². The summed E-state index contributed by atoms with van der Waals surface area (Å²) in [6.45, 7) is -0.00756. The van der Waals surface area contributed by atoms with Gasteiger partial charge in [0.2, 0.25) is 0 Å². The average Bonchev–Trinajstić information content (AvgIpc) is 2.62. The van der Waals surface area contributed by atoms with Gasteiger partial charge in [0.05, 0.1) is 19.3 Å². The van der Waals surface area contributed by atoms with E-state index in [0.717, 1.165) is 11.1 Å². The van der Waals surface area contributed by atoms with E-state index in [9.17, 15) is 15.3 Å². The second kappa shape index (κ2) is 8.08. The lowest BCUT2D eigenvalue weighted by Gasteiger charge is -2.45. The van der Waals surface area contributed by atoms with E-state index in [2.05, 4.69) is 0 Å². The molecule has 2 aromatic rings. The van der Waals surface area contributed by atoms with Gasteiger partial charge in [0, 0.05) is 12.8 Å². The Morgan fingerprint density at radius 3 is 2.20 bits per heavy atom. The van der Waals surface area contributed by atoms with Gasteiger partial charge in [-0.25, -0.2) is 0 Å². The molecule has 0 unspecified atom stereocenters. The van der Waals surface area contributed by atoms with Gasteiger partial charge in [-0.3, -0.25) is 0 Å². The fourth-order valence-corrected chi connectivity index (χ4v) is 3.32. The number of ether oxygens (including phenoxy) is 2. The highest BCUT2D eigenvalue weighted by atomic mass is 16.6. The number of benzene rings is 2. The third-order valence-corrected chi connectivity index (χ3v) is 4.53. The molecule has 0 aromatic heterocycles. The summed E-state index contributed by atoms with van der Waals surface area (Å²) in [4.78, 5) is 0. The fourth-order valence-electron chi connectivity index (χ4n) is 3.32. The summed E-state index contributed by atoms with van der Waals surface area (Å²) in [7, 11) is 0. The maximum absolute atomic E-state index is 11.3. The van der Waals surface area contributed by atoms with Crippen LogP contribution in [0.3, 0.4) is 0 Å². The number of hydrogen-bond donors (Lipinski definition) is 3. The Labute approximate surface area is 147 Å². The number of rotatable bonds is 6. The van der Waals surface area contributed by atoms with E-state index in [4.69, 9.17) is 9.47 Å². The lowest BCUT2D eigenvalue weighted by Crippen LogP contribution is -2.60. The molecular weight excluding hydrogens is 320 g/mol. The van der Waals surface area contributed by atoms with Crippen molar-refractivity contribution in [1.82, 2.24) is 0 Å². The molecule has 0 amide bonds. The second-order valence-electron chi connectivity index (χ2n) is 6.52. The Bertz CT molecular complexity index is 648. The standard InChI is InChI=1S/C20H24O5/c21-13-17-12-20(23,11-15-7-3-1-4-8-15)18(19(22)25-17)24-14-16-9-5-2-6-10-16/h1-10,17-19,21-23H,11-14H2/t17-,18-,19+,20-/m0/s1. The first kappa shape index (κ1) is 18.0. The summed E-state index contributed by atoms with van der Waals surface area (Å²) in [5.41, 5.74) is 0.548. The summed E-state index contributed by atoms with van der Waals surface area (Å²) in [5.74, 6) is 0. The first-order chi connectivity index (χ1) is 12.1. The van der Waals surface area contributed by atoms with Crippen molar-refractivity contribution in [2.24, 2.45) is 0 Å². The molecular formula is C20H24O5. The third-order valence-electron chi connectivity index (χ3n) is 4.53. The Hall–Kier alpha value is -1.76. The minimum atomic E-state index is -1.33. The molecule has 0 spiro atoms. The molecule has 5 heteroatoms. The van der Waals surface area contributed by atoms with Crippen LogP contribution in [0.1, 0.15) is 17.5 Å². The maximum Gasteiger partial charge on any atom is 0.184 e. The van der Waals surface area contributed by atoms with Crippen molar-refractivity contribution in [1.29, 1.82) is 0 Å². The van der Waals surface area contributed by atoms with Crippen LogP contribution in [-0.2, 0) is 22.5 Å². The van der Waals surface area contributed by atoms with Gasteiger partial charge >= 0.3 is 0 Å². The van der Waals surface area contributed by atoms with Crippen LogP contribution in [0, 0.1) is 0 Å². The zero-order chi connectivity index (χ0) is 17.7. The predicted octanol–water partition coefficient (Wildman–Crippen LogP) is 1.65. The third kappa shape index (κ3) is 4.45. The molecule has 3 rings (SSSR count). The predicted molar refractivity (Wildman–Crippen MR) is 92.7 cm³/mol. The molecule has 2 aromatic carbocycles. The Balaban J connectivity index is 1.78. The molecule has 3 N–H and O–H groups in total. The highest BCUT2D eigenvalue weighted by molar-refractivity contribution is 5.19. The molecule has 1 heterocycles. The molecule has 1 aliphatic heterocycles. The van der Waals surface area contributed by atoms with Crippen molar-refractivity contribution in [3.63, 3.8) is 0 Å². The molecule has 0 radical (unpaired) electrons. The highest BCUT2D eigenvalue weighted by Gasteiger charge is 2.49.